The summed E-state index contributed by atoms with van der Waals surface area (Å²) in [6, 6.07) is 40.9. The first-order chi connectivity index (χ1) is 21.4. The van der Waals surface area contributed by atoms with Crippen LogP contribution in [0.3, 0.4) is 0 Å². The Morgan fingerprint density at radius 1 is 0.652 bits per heavy atom. The summed E-state index contributed by atoms with van der Waals surface area (Å²) in [7, 11) is 0. The quantitative estimate of drug-likeness (QED) is 0.164. The number of fused-ring (bicyclic) bond motifs is 5. The van der Waals surface area contributed by atoms with E-state index in [9.17, 15) is 0 Å². The molecule has 0 N–H and O–H groups in total. The van der Waals surface area contributed by atoms with Crippen LogP contribution in [0.25, 0.3) is 44.4 Å². The molecule has 3 heteroatoms. The maximum atomic E-state index is 4.87. The van der Waals surface area contributed by atoms with Gasteiger partial charge in [-0.2, -0.15) is 0 Å². The van der Waals surface area contributed by atoms with Gasteiger partial charge < -0.3 is 9.97 Å². The Balaban J connectivity index is 0.000000209. The number of aromatic nitrogens is 2. The van der Waals surface area contributed by atoms with Crippen molar-refractivity contribution in [3.63, 3.8) is 0 Å². The zero-order valence-corrected chi connectivity index (χ0v) is 30.5. The molecule has 4 aromatic carbocycles. The van der Waals surface area contributed by atoms with Crippen LogP contribution < -0.4 is 0 Å². The van der Waals surface area contributed by atoms with Crippen LogP contribution in [-0.2, 0) is 36.4 Å². The second-order valence-electron chi connectivity index (χ2n) is 14.6. The molecule has 0 atom stereocenters. The fraction of sp³-hybridized carbons (Fsp3) is 0.256. The Labute approximate surface area is 288 Å². The molecule has 0 saturated heterocycles. The van der Waals surface area contributed by atoms with E-state index in [4.69, 9.17) is 4.98 Å². The molecule has 0 bridgehead atoms. The van der Waals surface area contributed by atoms with E-state index >= 15 is 0 Å². The number of hydrogen-bond donors (Lipinski definition) is 0. The Morgan fingerprint density at radius 2 is 1.39 bits per heavy atom. The third kappa shape index (κ3) is 6.37. The zero-order chi connectivity index (χ0) is 32.0. The van der Waals surface area contributed by atoms with Gasteiger partial charge in [-0.1, -0.05) is 104 Å². The zero-order valence-electron chi connectivity index (χ0n) is 28.1. The predicted molar refractivity (Wildman–Crippen MR) is 189 cm³/mol. The van der Waals surface area contributed by atoms with E-state index in [2.05, 4.69) is 145 Å². The van der Waals surface area contributed by atoms with Crippen molar-refractivity contribution >= 4 is 10.8 Å². The Bertz CT molecular complexity index is 1980. The molecule has 0 amide bonds. The predicted octanol–water partition coefficient (Wildman–Crippen LogP) is 11.1. The van der Waals surface area contributed by atoms with Gasteiger partial charge >= 0.3 is 0 Å². The van der Waals surface area contributed by atoms with Crippen molar-refractivity contribution in [1.29, 1.82) is 0 Å². The molecule has 0 unspecified atom stereocenters. The molecule has 0 fully saturated rings. The molecule has 1 aliphatic carbocycles. The van der Waals surface area contributed by atoms with Crippen molar-refractivity contribution in [2.75, 3.05) is 0 Å². The number of nitrogens with zero attached hydrogens (tertiary/aromatic N) is 2. The molecule has 0 spiro atoms. The van der Waals surface area contributed by atoms with Crippen LogP contribution >= 0.6 is 0 Å². The largest absolute Gasteiger partial charge is 0.305 e. The molecular formula is C43H42IrN2-2. The van der Waals surface area contributed by atoms with Crippen molar-refractivity contribution < 1.29 is 20.1 Å². The summed E-state index contributed by atoms with van der Waals surface area (Å²) in [5.41, 5.74) is 12.3. The normalized spacial score (nSPS) is 13.2. The molecule has 2 heterocycles. The van der Waals surface area contributed by atoms with Gasteiger partial charge in [0.05, 0.1) is 0 Å². The molecule has 0 saturated carbocycles. The summed E-state index contributed by atoms with van der Waals surface area (Å²) < 4.78 is 0. The average molecular weight is 779 g/mol. The summed E-state index contributed by atoms with van der Waals surface area (Å²) in [5, 5.41) is 2.61. The number of rotatable bonds is 2. The van der Waals surface area contributed by atoms with Gasteiger partial charge in [0, 0.05) is 37.9 Å². The van der Waals surface area contributed by atoms with E-state index in [1.165, 1.54) is 44.2 Å². The molecular weight excluding hydrogens is 737 g/mol. The fourth-order valence-electron chi connectivity index (χ4n) is 6.37. The molecule has 6 aromatic rings. The molecule has 0 aliphatic heterocycles. The van der Waals surface area contributed by atoms with Crippen LogP contribution in [0.4, 0.5) is 0 Å². The fourth-order valence-corrected chi connectivity index (χ4v) is 6.37. The van der Waals surface area contributed by atoms with E-state index in [1.54, 1.807) is 6.20 Å². The van der Waals surface area contributed by atoms with Crippen LogP contribution in [0.1, 0.15) is 77.6 Å². The number of pyridine rings is 2. The molecule has 46 heavy (non-hydrogen) atoms. The minimum absolute atomic E-state index is 0. The summed E-state index contributed by atoms with van der Waals surface area (Å²) >= 11 is 0. The van der Waals surface area contributed by atoms with Crippen molar-refractivity contribution in [3.8, 4) is 33.6 Å². The minimum Gasteiger partial charge on any atom is -0.305 e. The van der Waals surface area contributed by atoms with Gasteiger partial charge in [0.25, 0.3) is 0 Å². The van der Waals surface area contributed by atoms with Gasteiger partial charge in [0.1, 0.15) is 0 Å². The van der Waals surface area contributed by atoms with E-state index in [1.807, 2.05) is 30.5 Å². The smallest absolute Gasteiger partial charge is 0.0167 e. The Kier molecular flexibility index (Phi) is 9.24. The topological polar surface area (TPSA) is 25.8 Å². The second kappa shape index (κ2) is 12.7. The van der Waals surface area contributed by atoms with Gasteiger partial charge in [-0.25, -0.2) is 0 Å². The van der Waals surface area contributed by atoms with Crippen LogP contribution in [0.5, 0.6) is 0 Å². The van der Waals surface area contributed by atoms with Crippen LogP contribution in [0.2, 0.25) is 0 Å². The van der Waals surface area contributed by atoms with Gasteiger partial charge in [-0.3, -0.25) is 0 Å². The first kappa shape index (κ1) is 33.5. The molecule has 235 valence electrons. The van der Waals surface area contributed by atoms with E-state index in [-0.39, 0.29) is 36.4 Å². The molecule has 1 aliphatic rings. The molecule has 7 rings (SSSR count). The summed E-state index contributed by atoms with van der Waals surface area (Å²) in [4.78, 5) is 9.18. The second-order valence-corrected chi connectivity index (χ2v) is 14.6. The van der Waals surface area contributed by atoms with Crippen molar-refractivity contribution in [2.45, 2.75) is 71.6 Å². The summed E-state index contributed by atoms with van der Waals surface area (Å²) in [6.45, 7) is 18.0. The number of hydrogen-bond acceptors (Lipinski definition) is 2. The summed E-state index contributed by atoms with van der Waals surface area (Å²) in [6.07, 6.45) is 3.76. The monoisotopic (exact) mass is 779 g/mol. The molecule has 1 radical (unpaired) electrons. The van der Waals surface area contributed by atoms with Crippen molar-refractivity contribution in [3.05, 3.63) is 144 Å². The van der Waals surface area contributed by atoms with Gasteiger partial charge in [0.2, 0.25) is 0 Å². The summed E-state index contributed by atoms with van der Waals surface area (Å²) in [5.74, 6) is 0. The van der Waals surface area contributed by atoms with Gasteiger partial charge in [0.15, 0.2) is 0 Å². The first-order valence-electron chi connectivity index (χ1n) is 15.8. The SMILES string of the molecule is CC(C)(C)c1c[c-]c(-c2ccccn2)cc1.CC(C)(C)c1cc[c-]c(-c2nccc3c2C(C)(C)c2ccc4ccccc4c2-3)c1.[Ir]. The molecule has 2 nitrogen and oxygen atoms in total. The standard InChI is InChI=1S/C28H26N.C15H16N.Ir/c1-27(2,3)20-11-8-10-19(17-20)26-25-22(15-16-29-26)24-21-12-7-6-9-18(21)13-14-23(24)28(25,4)5;1-15(2,3)13-9-7-12(8-10-13)14-6-4-5-11-16-14;/h6-9,11-17H,1-5H3;4-7,9-11H,1-3H3;/q2*-1;. The Morgan fingerprint density at radius 3 is 2.07 bits per heavy atom. The molecule has 2 aromatic heterocycles. The third-order valence-electron chi connectivity index (χ3n) is 8.99. The first-order valence-corrected chi connectivity index (χ1v) is 15.8. The third-order valence-corrected chi connectivity index (χ3v) is 8.99. The van der Waals surface area contributed by atoms with E-state index < -0.39 is 0 Å². The maximum Gasteiger partial charge on any atom is 0.0167 e. The van der Waals surface area contributed by atoms with Crippen LogP contribution in [-0.4, -0.2) is 9.97 Å². The van der Waals surface area contributed by atoms with Crippen LogP contribution in [0, 0.1) is 12.1 Å². The Hall–Kier alpha value is -3.91. The average Bonchev–Trinajstić information content (AvgIpc) is 3.28. The maximum absolute atomic E-state index is 4.87. The van der Waals surface area contributed by atoms with E-state index in [0.717, 1.165) is 22.5 Å². The van der Waals surface area contributed by atoms with Crippen LogP contribution in [0.15, 0.2) is 109 Å². The van der Waals surface area contributed by atoms with E-state index in [0.29, 0.717) is 0 Å². The number of benzene rings is 4. The van der Waals surface area contributed by atoms with Crippen molar-refractivity contribution in [1.82, 2.24) is 9.97 Å². The van der Waals surface area contributed by atoms with Crippen molar-refractivity contribution in [2.24, 2.45) is 0 Å². The van der Waals surface area contributed by atoms with Gasteiger partial charge in [-0.05, 0) is 67.4 Å². The van der Waals surface area contributed by atoms with Gasteiger partial charge in [-0.15, -0.1) is 70.8 Å². The minimum atomic E-state index is -0.107.